The molecule has 19 heavy (non-hydrogen) atoms. The molecule has 0 aliphatic carbocycles. The van der Waals surface area contributed by atoms with E-state index in [2.05, 4.69) is 10.3 Å². The predicted molar refractivity (Wildman–Crippen MR) is 67.3 cm³/mol. The summed E-state index contributed by atoms with van der Waals surface area (Å²) in [4.78, 5) is 27.1. The Morgan fingerprint density at radius 3 is 3.00 bits per heavy atom. The van der Waals surface area contributed by atoms with E-state index >= 15 is 0 Å². The van der Waals surface area contributed by atoms with Gasteiger partial charge in [0.05, 0.1) is 4.92 Å². The Labute approximate surface area is 109 Å². The van der Waals surface area contributed by atoms with Crippen LogP contribution in [0, 0.1) is 17.0 Å². The molecule has 1 aromatic rings. The van der Waals surface area contributed by atoms with Crippen LogP contribution in [0.1, 0.15) is 5.56 Å². The molecule has 2 N–H and O–H groups in total. The van der Waals surface area contributed by atoms with Crippen molar-refractivity contribution in [2.45, 2.75) is 13.0 Å². The number of carbonyl (C=O) groups is 1. The van der Waals surface area contributed by atoms with Crippen LogP contribution in [0.3, 0.4) is 0 Å². The molecule has 0 aromatic carbocycles. The molecule has 2 heterocycles. The minimum absolute atomic E-state index is 0.0942. The Hall–Kier alpha value is -2.22. The highest BCUT2D eigenvalue weighted by atomic mass is 16.6. The molecule has 0 amide bonds. The van der Waals surface area contributed by atoms with E-state index in [4.69, 9.17) is 0 Å². The van der Waals surface area contributed by atoms with Crippen LogP contribution in [-0.2, 0) is 4.79 Å². The predicted octanol–water partition coefficient (Wildman–Crippen LogP) is 0.161. The van der Waals surface area contributed by atoms with Crippen molar-refractivity contribution in [3.05, 3.63) is 27.9 Å². The van der Waals surface area contributed by atoms with Crippen molar-refractivity contribution in [2.24, 2.45) is 0 Å². The van der Waals surface area contributed by atoms with Crippen molar-refractivity contribution in [1.29, 1.82) is 0 Å². The number of rotatable bonds is 3. The zero-order valence-electron chi connectivity index (χ0n) is 10.4. The minimum Gasteiger partial charge on any atom is -0.480 e. The van der Waals surface area contributed by atoms with E-state index in [0.29, 0.717) is 31.0 Å². The Morgan fingerprint density at radius 2 is 2.42 bits per heavy atom. The van der Waals surface area contributed by atoms with E-state index in [1.54, 1.807) is 11.8 Å². The van der Waals surface area contributed by atoms with Gasteiger partial charge < -0.3 is 15.3 Å². The lowest BCUT2D eigenvalue weighted by molar-refractivity contribution is -0.385. The summed E-state index contributed by atoms with van der Waals surface area (Å²) >= 11 is 0. The number of aryl methyl sites for hydroxylation is 1. The lowest BCUT2D eigenvalue weighted by Gasteiger charge is -2.35. The number of pyridine rings is 1. The van der Waals surface area contributed by atoms with Crippen LogP contribution in [-0.4, -0.2) is 46.7 Å². The van der Waals surface area contributed by atoms with Gasteiger partial charge >= 0.3 is 5.97 Å². The number of aromatic nitrogens is 1. The molecule has 1 aliphatic rings. The number of nitro groups is 1. The standard InChI is InChI=1S/C11H14N4O4/c1-7-4-8(15(18)19)5-13-10(7)14-3-2-12-6-9(14)11(16)17/h4-5,9,12H,2-3,6H2,1H3,(H,16,17). The third-order valence-corrected chi connectivity index (χ3v) is 3.05. The first kappa shape index (κ1) is 13.2. The van der Waals surface area contributed by atoms with Crippen molar-refractivity contribution in [1.82, 2.24) is 10.3 Å². The second-order valence-electron chi connectivity index (χ2n) is 4.34. The summed E-state index contributed by atoms with van der Waals surface area (Å²) < 4.78 is 0. The maximum atomic E-state index is 11.2. The second-order valence-corrected chi connectivity index (χ2v) is 4.34. The van der Waals surface area contributed by atoms with Gasteiger partial charge in [-0.05, 0) is 12.5 Å². The van der Waals surface area contributed by atoms with Crippen molar-refractivity contribution in [3.8, 4) is 0 Å². The number of hydrogen-bond acceptors (Lipinski definition) is 6. The van der Waals surface area contributed by atoms with E-state index in [-0.39, 0.29) is 5.69 Å². The Bertz CT molecular complexity index is 519. The number of carboxylic acid groups (broad SMARTS) is 1. The molecule has 1 aromatic heterocycles. The fraction of sp³-hybridized carbons (Fsp3) is 0.455. The van der Waals surface area contributed by atoms with Crippen molar-refractivity contribution in [3.63, 3.8) is 0 Å². The van der Waals surface area contributed by atoms with E-state index in [1.807, 2.05) is 0 Å². The number of nitrogens with one attached hydrogen (secondary N) is 1. The van der Waals surface area contributed by atoms with Crippen LogP contribution in [0.4, 0.5) is 11.5 Å². The average molecular weight is 266 g/mol. The van der Waals surface area contributed by atoms with Crippen molar-refractivity contribution < 1.29 is 14.8 Å². The van der Waals surface area contributed by atoms with Gasteiger partial charge in [-0.15, -0.1) is 0 Å². The molecule has 1 aliphatic heterocycles. The van der Waals surface area contributed by atoms with Gasteiger partial charge in [-0.1, -0.05) is 0 Å². The zero-order chi connectivity index (χ0) is 14.0. The highest BCUT2D eigenvalue weighted by Crippen LogP contribution is 2.23. The second kappa shape index (κ2) is 5.19. The largest absolute Gasteiger partial charge is 0.480 e. The molecule has 0 bridgehead atoms. The fourth-order valence-corrected chi connectivity index (χ4v) is 2.13. The lowest BCUT2D eigenvalue weighted by atomic mass is 10.1. The van der Waals surface area contributed by atoms with Gasteiger partial charge in [-0.25, -0.2) is 9.78 Å². The zero-order valence-corrected chi connectivity index (χ0v) is 10.4. The molecule has 2 rings (SSSR count). The summed E-state index contributed by atoms with van der Waals surface area (Å²) in [5.74, 6) is -0.453. The molecule has 0 spiro atoms. The molecule has 1 saturated heterocycles. The van der Waals surface area contributed by atoms with Crippen LogP contribution in [0.25, 0.3) is 0 Å². The number of carboxylic acids is 1. The first-order chi connectivity index (χ1) is 9.00. The van der Waals surface area contributed by atoms with Gasteiger partial charge in [0, 0.05) is 25.7 Å². The van der Waals surface area contributed by atoms with Crippen LogP contribution < -0.4 is 10.2 Å². The van der Waals surface area contributed by atoms with Crippen LogP contribution in [0.15, 0.2) is 12.3 Å². The highest BCUT2D eigenvalue weighted by Gasteiger charge is 2.30. The average Bonchev–Trinajstić information content (AvgIpc) is 2.38. The van der Waals surface area contributed by atoms with E-state index in [1.165, 1.54) is 6.07 Å². The van der Waals surface area contributed by atoms with E-state index in [9.17, 15) is 20.0 Å². The Kier molecular flexibility index (Phi) is 3.61. The highest BCUT2D eigenvalue weighted by molar-refractivity contribution is 5.78. The lowest BCUT2D eigenvalue weighted by Crippen LogP contribution is -2.55. The molecular weight excluding hydrogens is 252 g/mol. The van der Waals surface area contributed by atoms with Gasteiger partial charge in [-0.2, -0.15) is 0 Å². The summed E-state index contributed by atoms with van der Waals surface area (Å²) in [5.41, 5.74) is 0.505. The van der Waals surface area contributed by atoms with Crippen LogP contribution in [0.2, 0.25) is 0 Å². The monoisotopic (exact) mass is 266 g/mol. The molecule has 1 fully saturated rings. The normalized spacial score (nSPS) is 19.2. The van der Waals surface area contributed by atoms with E-state index < -0.39 is 16.9 Å². The summed E-state index contributed by atoms with van der Waals surface area (Å²) in [7, 11) is 0. The molecule has 0 saturated carbocycles. The molecule has 8 heteroatoms. The number of aliphatic carboxylic acids is 1. The van der Waals surface area contributed by atoms with Gasteiger partial charge in [0.25, 0.3) is 5.69 Å². The number of piperazine rings is 1. The van der Waals surface area contributed by atoms with E-state index in [0.717, 1.165) is 6.20 Å². The maximum Gasteiger partial charge on any atom is 0.327 e. The maximum absolute atomic E-state index is 11.2. The third-order valence-electron chi connectivity index (χ3n) is 3.05. The minimum atomic E-state index is -0.938. The number of hydrogen-bond donors (Lipinski definition) is 2. The summed E-state index contributed by atoms with van der Waals surface area (Å²) in [5, 5.41) is 22.9. The summed E-state index contributed by atoms with van der Waals surface area (Å²) in [6, 6.07) is 0.699. The summed E-state index contributed by atoms with van der Waals surface area (Å²) in [6.07, 6.45) is 1.16. The van der Waals surface area contributed by atoms with Gasteiger partial charge in [0.1, 0.15) is 18.1 Å². The van der Waals surface area contributed by atoms with Crippen molar-refractivity contribution >= 4 is 17.5 Å². The van der Waals surface area contributed by atoms with Gasteiger partial charge in [0.15, 0.2) is 0 Å². The first-order valence-electron chi connectivity index (χ1n) is 5.82. The van der Waals surface area contributed by atoms with Crippen LogP contribution >= 0.6 is 0 Å². The fourth-order valence-electron chi connectivity index (χ4n) is 2.13. The molecule has 1 atom stereocenters. The third kappa shape index (κ3) is 2.63. The molecule has 102 valence electrons. The SMILES string of the molecule is Cc1cc([N+](=O)[O-])cnc1N1CCNCC1C(=O)O. The number of nitrogens with zero attached hydrogens (tertiary/aromatic N) is 3. The Morgan fingerprint density at radius 1 is 1.68 bits per heavy atom. The van der Waals surface area contributed by atoms with Gasteiger partial charge in [-0.3, -0.25) is 10.1 Å². The smallest absolute Gasteiger partial charge is 0.327 e. The molecule has 0 radical (unpaired) electrons. The van der Waals surface area contributed by atoms with Crippen molar-refractivity contribution in [2.75, 3.05) is 24.5 Å². The molecule has 8 nitrogen and oxygen atoms in total. The summed E-state index contributed by atoms with van der Waals surface area (Å²) in [6.45, 7) is 3.17. The topological polar surface area (TPSA) is 109 Å². The Balaban J connectivity index is 2.34. The number of anilines is 1. The quantitative estimate of drug-likeness (QED) is 0.592. The van der Waals surface area contributed by atoms with Gasteiger partial charge in [0.2, 0.25) is 0 Å². The molecule has 1 unspecified atom stereocenters. The first-order valence-corrected chi connectivity index (χ1v) is 5.82. The van der Waals surface area contributed by atoms with Crippen LogP contribution in [0.5, 0.6) is 0 Å². The molecular formula is C11H14N4O4.